The fourth-order valence-corrected chi connectivity index (χ4v) is 3.01. The summed E-state index contributed by atoms with van der Waals surface area (Å²) in [7, 11) is 0. The molecule has 0 spiro atoms. The zero-order valence-electron chi connectivity index (χ0n) is 9.78. The molecule has 2 aliphatic rings. The lowest BCUT2D eigenvalue weighted by Crippen LogP contribution is -2.51. The van der Waals surface area contributed by atoms with E-state index in [1.807, 2.05) is 6.92 Å². The molecule has 0 aromatic carbocycles. The van der Waals surface area contributed by atoms with Crippen molar-refractivity contribution >= 4 is 5.91 Å². The van der Waals surface area contributed by atoms with Gasteiger partial charge < -0.3 is 10.6 Å². The van der Waals surface area contributed by atoms with Crippen LogP contribution in [0.25, 0.3) is 0 Å². The predicted molar refractivity (Wildman–Crippen MR) is 60.3 cm³/mol. The van der Waals surface area contributed by atoms with E-state index in [2.05, 4.69) is 11.8 Å². The summed E-state index contributed by atoms with van der Waals surface area (Å²) < 4.78 is 0. The van der Waals surface area contributed by atoms with Crippen molar-refractivity contribution in [3.63, 3.8) is 0 Å². The van der Waals surface area contributed by atoms with E-state index in [-0.39, 0.29) is 5.92 Å². The Morgan fingerprint density at radius 3 is 2.40 bits per heavy atom. The monoisotopic (exact) mass is 210 g/mol. The van der Waals surface area contributed by atoms with Gasteiger partial charge in [-0.15, -0.1) is 0 Å². The Bertz CT molecular complexity index is 240. The van der Waals surface area contributed by atoms with Crippen LogP contribution in [0.2, 0.25) is 0 Å². The topological polar surface area (TPSA) is 46.3 Å². The first kappa shape index (κ1) is 10.9. The van der Waals surface area contributed by atoms with Crippen molar-refractivity contribution in [2.24, 2.45) is 11.7 Å². The SMILES string of the molecule is CCC(C)C(=O)N1C2CCC1CC(N)C2. The van der Waals surface area contributed by atoms with Crippen molar-refractivity contribution in [2.75, 3.05) is 0 Å². The number of rotatable bonds is 2. The molecule has 0 aromatic rings. The van der Waals surface area contributed by atoms with Gasteiger partial charge in [-0.3, -0.25) is 4.79 Å². The third-order valence-electron chi connectivity index (χ3n) is 4.06. The molecule has 3 unspecified atom stereocenters. The van der Waals surface area contributed by atoms with Crippen LogP contribution in [0.1, 0.15) is 46.0 Å². The van der Waals surface area contributed by atoms with Crippen LogP contribution in [-0.2, 0) is 4.79 Å². The minimum Gasteiger partial charge on any atom is -0.336 e. The van der Waals surface area contributed by atoms with Crippen LogP contribution in [0.3, 0.4) is 0 Å². The first-order valence-electron chi connectivity index (χ1n) is 6.21. The number of amides is 1. The maximum atomic E-state index is 12.2. The quantitative estimate of drug-likeness (QED) is 0.751. The normalized spacial score (nSPS) is 36.7. The lowest BCUT2D eigenvalue weighted by molar-refractivity contribution is -0.139. The van der Waals surface area contributed by atoms with Crippen LogP contribution in [0.15, 0.2) is 0 Å². The molecule has 0 radical (unpaired) electrons. The van der Waals surface area contributed by atoms with Crippen LogP contribution < -0.4 is 5.73 Å². The number of piperidine rings is 1. The summed E-state index contributed by atoms with van der Waals surface area (Å²) in [5.74, 6) is 0.541. The molecule has 2 bridgehead atoms. The van der Waals surface area contributed by atoms with Crippen molar-refractivity contribution < 1.29 is 4.79 Å². The van der Waals surface area contributed by atoms with Crippen molar-refractivity contribution in [3.8, 4) is 0 Å². The highest BCUT2D eigenvalue weighted by molar-refractivity contribution is 5.79. The smallest absolute Gasteiger partial charge is 0.225 e. The Morgan fingerprint density at radius 1 is 1.40 bits per heavy atom. The van der Waals surface area contributed by atoms with E-state index in [0.29, 0.717) is 24.0 Å². The molecule has 2 aliphatic heterocycles. The first-order chi connectivity index (χ1) is 7.13. The Hall–Kier alpha value is -0.570. The summed E-state index contributed by atoms with van der Waals surface area (Å²) in [6.45, 7) is 4.12. The molecule has 0 saturated carbocycles. The highest BCUT2D eigenvalue weighted by Gasteiger charge is 2.42. The lowest BCUT2D eigenvalue weighted by Gasteiger charge is -2.39. The molecule has 1 amide bonds. The summed E-state index contributed by atoms with van der Waals surface area (Å²) in [4.78, 5) is 14.3. The van der Waals surface area contributed by atoms with E-state index in [0.717, 1.165) is 19.3 Å². The Kier molecular flexibility index (Phi) is 3.01. The van der Waals surface area contributed by atoms with Gasteiger partial charge in [0.25, 0.3) is 0 Å². The third kappa shape index (κ3) is 1.89. The van der Waals surface area contributed by atoms with E-state index in [4.69, 9.17) is 5.73 Å². The second-order valence-electron chi connectivity index (χ2n) is 5.17. The maximum absolute atomic E-state index is 12.2. The first-order valence-corrected chi connectivity index (χ1v) is 6.21. The molecule has 2 N–H and O–H groups in total. The van der Waals surface area contributed by atoms with Gasteiger partial charge >= 0.3 is 0 Å². The summed E-state index contributed by atoms with van der Waals surface area (Å²) in [5.41, 5.74) is 5.99. The van der Waals surface area contributed by atoms with Crippen LogP contribution in [0, 0.1) is 5.92 Å². The molecule has 86 valence electrons. The lowest BCUT2D eigenvalue weighted by atomic mass is 9.96. The summed E-state index contributed by atoms with van der Waals surface area (Å²) >= 11 is 0. The van der Waals surface area contributed by atoms with E-state index in [9.17, 15) is 4.79 Å². The second-order valence-corrected chi connectivity index (χ2v) is 5.17. The van der Waals surface area contributed by atoms with Gasteiger partial charge in [0.2, 0.25) is 5.91 Å². The van der Waals surface area contributed by atoms with Crippen LogP contribution in [0.4, 0.5) is 0 Å². The van der Waals surface area contributed by atoms with Crippen molar-refractivity contribution in [1.29, 1.82) is 0 Å². The molecule has 2 saturated heterocycles. The average molecular weight is 210 g/mol. The molecule has 0 aliphatic carbocycles. The summed E-state index contributed by atoms with van der Waals surface area (Å²) in [5, 5.41) is 0. The predicted octanol–water partition coefficient (Wildman–Crippen LogP) is 1.51. The minimum atomic E-state index is 0.183. The van der Waals surface area contributed by atoms with Gasteiger partial charge in [0, 0.05) is 24.0 Å². The minimum absolute atomic E-state index is 0.183. The van der Waals surface area contributed by atoms with Crippen molar-refractivity contribution in [3.05, 3.63) is 0 Å². The number of hydrogen-bond donors (Lipinski definition) is 1. The van der Waals surface area contributed by atoms with Gasteiger partial charge in [-0.1, -0.05) is 13.8 Å². The summed E-state index contributed by atoms with van der Waals surface area (Å²) in [6.07, 6.45) is 5.30. The van der Waals surface area contributed by atoms with Gasteiger partial charge in [-0.25, -0.2) is 0 Å². The number of nitrogens with two attached hydrogens (primary N) is 1. The van der Waals surface area contributed by atoms with Crippen LogP contribution in [0.5, 0.6) is 0 Å². The number of carbonyl (C=O) groups excluding carboxylic acids is 1. The Labute approximate surface area is 92.0 Å². The van der Waals surface area contributed by atoms with Gasteiger partial charge in [-0.2, -0.15) is 0 Å². The molecule has 2 fully saturated rings. The molecule has 3 nitrogen and oxygen atoms in total. The molecule has 3 heteroatoms. The van der Waals surface area contributed by atoms with Gasteiger partial charge in [0.1, 0.15) is 0 Å². The van der Waals surface area contributed by atoms with Crippen molar-refractivity contribution in [1.82, 2.24) is 4.90 Å². The number of carbonyl (C=O) groups is 1. The third-order valence-corrected chi connectivity index (χ3v) is 4.06. The molecular weight excluding hydrogens is 188 g/mol. The fraction of sp³-hybridized carbons (Fsp3) is 0.917. The Balaban J connectivity index is 2.08. The zero-order chi connectivity index (χ0) is 11.0. The molecule has 3 atom stereocenters. The Morgan fingerprint density at radius 2 is 1.93 bits per heavy atom. The van der Waals surface area contributed by atoms with E-state index < -0.39 is 0 Å². The molecule has 0 aromatic heterocycles. The molecule has 15 heavy (non-hydrogen) atoms. The number of hydrogen-bond acceptors (Lipinski definition) is 2. The maximum Gasteiger partial charge on any atom is 0.225 e. The van der Waals surface area contributed by atoms with Gasteiger partial charge in [-0.05, 0) is 32.1 Å². The van der Waals surface area contributed by atoms with Crippen LogP contribution >= 0.6 is 0 Å². The average Bonchev–Trinajstić information content (AvgIpc) is 2.49. The van der Waals surface area contributed by atoms with Crippen LogP contribution in [-0.4, -0.2) is 28.9 Å². The fourth-order valence-electron chi connectivity index (χ4n) is 3.01. The number of fused-ring (bicyclic) bond motifs is 2. The highest BCUT2D eigenvalue weighted by atomic mass is 16.2. The molecule has 2 heterocycles. The molecular formula is C12H22N2O. The highest BCUT2D eigenvalue weighted by Crippen LogP contribution is 2.36. The molecule has 2 rings (SSSR count). The van der Waals surface area contributed by atoms with E-state index >= 15 is 0 Å². The van der Waals surface area contributed by atoms with E-state index in [1.54, 1.807) is 0 Å². The second kappa shape index (κ2) is 4.12. The standard InChI is InChI=1S/C12H22N2O/c1-3-8(2)12(15)14-10-4-5-11(14)7-9(13)6-10/h8-11H,3-7,13H2,1-2H3. The van der Waals surface area contributed by atoms with Gasteiger partial charge in [0.15, 0.2) is 0 Å². The van der Waals surface area contributed by atoms with Gasteiger partial charge in [0.05, 0.1) is 0 Å². The van der Waals surface area contributed by atoms with Crippen molar-refractivity contribution in [2.45, 2.75) is 64.1 Å². The zero-order valence-corrected chi connectivity index (χ0v) is 9.78. The van der Waals surface area contributed by atoms with E-state index in [1.165, 1.54) is 12.8 Å². The largest absolute Gasteiger partial charge is 0.336 e. The summed E-state index contributed by atoms with van der Waals surface area (Å²) in [6, 6.07) is 1.21. The number of nitrogens with zero attached hydrogens (tertiary/aromatic N) is 1.